The number of nitrogens with two attached hydrogens (primary N) is 1. The van der Waals surface area contributed by atoms with E-state index in [1.54, 1.807) is 17.0 Å². The van der Waals surface area contributed by atoms with Crippen molar-refractivity contribution in [1.29, 1.82) is 0 Å². The topological polar surface area (TPSA) is 77.2 Å². The molecule has 1 aliphatic rings. The SMILES string of the molecule is CC(C)(C)OC(=O)N1CCC(N=C(/C=C\N)OCc2ccc(Cl)cc2F)CC1. The Morgan fingerprint density at radius 2 is 2.07 bits per heavy atom. The van der Waals surface area contributed by atoms with Crippen molar-refractivity contribution in [2.45, 2.75) is 51.9 Å². The van der Waals surface area contributed by atoms with Crippen LogP contribution >= 0.6 is 11.6 Å². The average Bonchev–Trinajstić information content (AvgIpc) is 2.60. The molecule has 154 valence electrons. The van der Waals surface area contributed by atoms with Gasteiger partial charge in [-0.3, -0.25) is 0 Å². The summed E-state index contributed by atoms with van der Waals surface area (Å²) in [5, 5.41) is 0.328. The maximum atomic E-state index is 13.9. The molecule has 0 radical (unpaired) electrons. The molecule has 1 fully saturated rings. The van der Waals surface area contributed by atoms with Crippen molar-refractivity contribution < 1.29 is 18.7 Å². The van der Waals surface area contributed by atoms with Gasteiger partial charge < -0.3 is 20.1 Å². The number of piperidine rings is 1. The molecule has 8 heteroatoms. The fourth-order valence-electron chi connectivity index (χ4n) is 2.69. The third kappa shape index (κ3) is 7.03. The van der Waals surface area contributed by atoms with E-state index in [9.17, 15) is 9.18 Å². The second-order valence-electron chi connectivity index (χ2n) is 7.55. The minimum atomic E-state index is -0.518. The van der Waals surface area contributed by atoms with Crippen LogP contribution in [0.3, 0.4) is 0 Å². The number of carbonyl (C=O) groups excluding carboxylic acids is 1. The van der Waals surface area contributed by atoms with E-state index < -0.39 is 11.4 Å². The van der Waals surface area contributed by atoms with Gasteiger partial charge in [-0.25, -0.2) is 14.2 Å². The zero-order valence-electron chi connectivity index (χ0n) is 16.5. The van der Waals surface area contributed by atoms with Gasteiger partial charge in [-0.05, 0) is 51.9 Å². The Hall–Kier alpha value is -2.28. The summed E-state index contributed by atoms with van der Waals surface area (Å²) in [6.07, 6.45) is 3.91. The molecule has 1 aromatic rings. The number of hydrogen-bond acceptors (Lipinski definition) is 5. The van der Waals surface area contributed by atoms with E-state index in [0.717, 1.165) is 0 Å². The van der Waals surface area contributed by atoms with Gasteiger partial charge in [0.05, 0.1) is 6.04 Å². The number of rotatable bonds is 4. The van der Waals surface area contributed by atoms with Crippen LogP contribution in [0.4, 0.5) is 9.18 Å². The monoisotopic (exact) mass is 411 g/mol. The van der Waals surface area contributed by atoms with Crippen molar-refractivity contribution in [3.05, 3.63) is 46.9 Å². The van der Waals surface area contributed by atoms with Crippen LogP contribution in [0.15, 0.2) is 35.5 Å². The largest absolute Gasteiger partial charge is 0.473 e. The van der Waals surface area contributed by atoms with Gasteiger partial charge in [-0.1, -0.05) is 17.7 Å². The minimum absolute atomic E-state index is 0.0139. The Morgan fingerprint density at radius 1 is 1.39 bits per heavy atom. The lowest BCUT2D eigenvalue weighted by Crippen LogP contribution is -2.42. The van der Waals surface area contributed by atoms with Crippen LogP contribution < -0.4 is 5.73 Å². The maximum absolute atomic E-state index is 13.9. The molecule has 2 N–H and O–H groups in total. The molecule has 1 saturated heterocycles. The van der Waals surface area contributed by atoms with Gasteiger partial charge in [-0.15, -0.1) is 0 Å². The van der Waals surface area contributed by atoms with E-state index in [1.165, 1.54) is 18.3 Å². The lowest BCUT2D eigenvalue weighted by molar-refractivity contribution is 0.0207. The first-order valence-electron chi connectivity index (χ1n) is 9.18. The number of carbonyl (C=O) groups is 1. The predicted molar refractivity (Wildman–Crippen MR) is 108 cm³/mol. The van der Waals surface area contributed by atoms with Crippen molar-refractivity contribution in [1.82, 2.24) is 4.90 Å². The molecule has 0 aliphatic carbocycles. The van der Waals surface area contributed by atoms with Crippen LogP contribution in [-0.4, -0.2) is 41.6 Å². The van der Waals surface area contributed by atoms with Gasteiger partial charge in [0.25, 0.3) is 0 Å². The average molecular weight is 412 g/mol. The van der Waals surface area contributed by atoms with E-state index in [0.29, 0.717) is 42.4 Å². The Bertz CT molecular complexity index is 739. The smallest absolute Gasteiger partial charge is 0.410 e. The number of amides is 1. The quantitative estimate of drug-likeness (QED) is 0.593. The molecule has 1 aromatic carbocycles. The highest BCUT2D eigenvalue weighted by molar-refractivity contribution is 6.30. The number of hydrogen-bond donors (Lipinski definition) is 1. The highest BCUT2D eigenvalue weighted by Crippen LogP contribution is 2.19. The van der Waals surface area contributed by atoms with Crippen molar-refractivity contribution in [3.8, 4) is 0 Å². The molecule has 0 spiro atoms. The number of ether oxygens (including phenoxy) is 2. The second kappa shape index (κ2) is 9.78. The Morgan fingerprint density at radius 3 is 2.64 bits per heavy atom. The number of nitrogens with zero attached hydrogens (tertiary/aromatic N) is 2. The molecular weight excluding hydrogens is 385 g/mol. The van der Waals surface area contributed by atoms with Crippen LogP contribution in [0.1, 0.15) is 39.2 Å². The number of likely N-dealkylation sites (tertiary alicyclic amines) is 1. The fraction of sp³-hybridized carbons (Fsp3) is 0.500. The lowest BCUT2D eigenvalue weighted by atomic mass is 10.1. The van der Waals surface area contributed by atoms with Crippen LogP contribution in [0.2, 0.25) is 5.02 Å². The third-order valence-electron chi connectivity index (χ3n) is 4.06. The first kappa shape index (κ1) is 22.0. The molecule has 1 aliphatic heterocycles. The standard InChI is InChI=1S/C20H27ClFN3O3/c1-20(2,3)28-19(26)25-10-7-16(8-11-25)24-18(6-9-23)27-13-14-4-5-15(21)12-17(14)22/h4-6,9,12,16H,7-8,10-11,13,23H2,1-3H3/b9-6-,24-18?. The Kier molecular flexibility index (Phi) is 7.69. The van der Waals surface area contributed by atoms with E-state index in [-0.39, 0.29) is 18.7 Å². The van der Waals surface area contributed by atoms with E-state index in [2.05, 4.69) is 4.99 Å². The number of halogens is 2. The molecule has 6 nitrogen and oxygen atoms in total. The predicted octanol–water partition coefficient (Wildman–Crippen LogP) is 4.27. The first-order chi connectivity index (χ1) is 13.2. The van der Waals surface area contributed by atoms with Crippen molar-refractivity contribution in [2.24, 2.45) is 10.7 Å². The highest BCUT2D eigenvalue weighted by Gasteiger charge is 2.26. The molecule has 28 heavy (non-hydrogen) atoms. The van der Waals surface area contributed by atoms with Gasteiger partial charge in [0.1, 0.15) is 18.0 Å². The molecule has 1 heterocycles. The highest BCUT2D eigenvalue weighted by atomic mass is 35.5. The molecule has 2 rings (SSSR count). The number of benzene rings is 1. The van der Waals surface area contributed by atoms with Gasteiger partial charge >= 0.3 is 6.09 Å². The van der Waals surface area contributed by atoms with E-state index in [4.69, 9.17) is 26.8 Å². The van der Waals surface area contributed by atoms with Gasteiger partial charge in [0.15, 0.2) is 0 Å². The molecule has 0 unspecified atom stereocenters. The summed E-state index contributed by atoms with van der Waals surface area (Å²) >= 11 is 5.76. The first-order valence-corrected chi connectivity index (χ1v) is 9.56. The van der Waals surface area contributed by atoms with E-state index >= 15 is 0 Å². The molecule has 0 bridgehead atoms. The van der Waals surface area contributed by atoms with Crippen molar-refractivity contribution in [3.63, 3.8) is 0 Å². The van der Waals surface area contributed by atoms with Crippen molar-refractivity contribution in [2.75, 3.05) is 13.1 Å². The molecule has 0 saturated carbocycles. The molecule has 1 amide bonds. The molecular formula is C20H27ClFN3O3. The summed E-state index contributed by atoms with van der Waals surface area (Å²) in [7, 11) is 0. The summed E-state index contributed by atoms with van der Waals surface area (Å²) in [5.41, 5.74) is 5.33. The zero-order valence-corrected chi connectivity index (χ0v) is 17.2. The molecule has 0 atom stereocenters. The normalized spacial score (nSPS) is 16.5. The van der Waals surface area contributed by atoms with Crippen LogP contribution in [-0.2, 0) is 16.1 Å². The summed E-state index contributed by atoms with van der Waals surface area (Å²) in [4.78, 5) is 18.4. The van der Waals surface area contributed by atoms with E-state index in [1.807, 2.05) is 20.8 Å². The zero-order chi connectivity index (χ0) is 20.7. The minimum Gasteiger partial charge on any atom is -0.473 e. The summed E-state index contributed by atoms with van der Waals surface area (Å²) in [6.45, 7) is 6.64. The summed E-state index contributed by atoms with van der Waals surface area (Å²) < 4.78 is 24.9. The second-order valence-corrected chi connectivity index (χ2v) is 7.99. The Labute approximate surface area is 170 Å². The number of aliphatic imine (C=N–C) groups is 1. The lowest BCUT2D eigenvalue weighted by Gasteiger charge is -2.32. The van der Waals surface area contributed by atoms with Gasteiger partial charge in [0.2, 0.25) is 5.90 Å². The summed E-state index contributed by atoms with van der Waals surface area (Å²) in [5.74, 6) is -0.109. The van der Waals surface area contributed by atoms with Crippen LogP contribution in [0, 0.1) is 5.82 Å². The fourth-order valence-corrected chi connectivity index (χ4v) is 2.84. The third-order valence-corrected chi connectivity index (χ3v) is 4.29. The maximum Gasteiger partial charge on any atom is 0.410 e. The van der Waals surface area contributed by atoms with Gasteiger partial charge in [0, 0.05) is 29.8 Å². The Balaban J connectivity index is 1.93. The van der Waals surface area contributed by atoms with Crippen LogP contribution in [0.5, 0.6) is 0 Å². The van der Waals surface area contributed by atoms with Crippen LogP contribution in [0.25, 0.3) is 0 Å². The van der Waals surface area contributed by atoms with Gasteiger partial charge in [-0.2, -0.15) is 0 Å². The summed E-state index contributed by atoms with van der Waals surface area (Å²) in [6, 6.07) is 4.40. The molecule has 0 aromatic heterocycles. The van der Waals surface area contributed by atoms with Crippen molar-refractivity contribution >= 4 is 23.6 Å².